The maximum atomic E-state index is 12.6. The fraction of sp³-hybridized carbons (Fsp3) is 0.238. The van der Waals surface area contributed by atoms with Crippen molar-refractivity contribution in [2.24, 2.45) is 0 Å². The lowest BCUT2D eigenvalue weighted by molar-refractivity contribution is -0.121. The molecule has 0 saturated heterocycles. The molecule has 0 bridgehead atoms. The van der Waals surface area contributed by atoms with Crippen LogP contribution < -0.4 is 14.8 Å². The molecule has 1 N–H and O–H groups in total. The highest BCUT2D eigenvalue weighted by molar-refractivity contribution is 5.77. The summed E-state index contributed by atoms with van der Waals surface area (Å²) in [6.45, 7) is 1.44. The lowest BCUT2D eigenvalue weighted by atomic mass is 9.88. The molecule has 3 aromatic rings. The molecule has 0 saturated carbocycles. The molecular weight excluding hydrogens is 342 g/mol. The summed E-state index contributed by atoms with van der Waals surface area (Å²) in [5.74, 6) is 1.43. The number of hydrogen-bond donors (Lipinski definition) is 1. The highest BCUT2D eigenvalue weighted by atomic mass is 16.7. The minimum absolute atomic E-state index is 0.00803. The third-order valence-electron chi connectivity index (χ3n) is 4.61. The number of benzene rings is 2. The Kier molecular flexibility index (Phi) is 5.05. The van der Waals surface area contributed by atoms with Crippen LogP contribution in [-0.2, 0) is 11.3 Å². The Hall–Kier alpha value is -3.28. The van der Waals surface area contributed by atoms with Crippen LogP contribution in [0.3, 0.4) is 0 Å². The van der Waals surface area contributed by atoms with E-state index in [0.29, 0.717) is 19.5 Å². The molecule has 1 aliphatic rings. The van der Waals surface area contributed by atoms with Crippen LogP contribution in [0.2, 0.25) is 0 Å². The van der Waals surface area contributed by atoms with E-state index in [1.165, 1.54) is 0 Å². The van der Waals surface area contributed by atoms with Crippen molar-refractivity contribution in [3.63, 3.8) is 0 Å². The second-order valence-corrected chi connectivity index (χ2v) is 6.40. The summed E-state index contributed by atoms with van der Waals surface area (Å²) in [5, 5.41) is 7.13. The molecular formula is C21H21N3O3. The average Bonchev–Trinajstić information content (AvgIpc) is 3.38. The van der Waals surface area contributed by atoms with Gasteiger partial charge in [0.2, 0.25) is 12.7 Å². The molecule has 6 heteroatoms. The summed E-state index contributed by atoms with van der Waals surface area (Å²) in [5.41, 5.74) is 2.13. The second-order valence-electron chi connectivity index (χ2n) is 6.40. The highest BCUT2D eigenvalue weighted by Gasteiger charge is 2.21. The SMILES string of the molecule is O=C(CC(c1ccccc1)c1ccc2c(c1)OCO2)NCCn1cccn1. The Labute approximate surface area is 157 Å². The Morgan fingerprint density at radius 1 is 1.07 bits per heavy atom. The predicted molar refractivity (Wildman–Crippen MR) is 101 cm³/mol. The van der Waals surface area contributed by atoms with Gasteiger partial charge in [0.05, 0.1) is 6.54 Å². The first kappa shape index (κ1) is 17.1. The zero-order valence-corrected chi connectivity index (χ0v) is 14.9. The minimum Gasteiger partial charge on any atom is -0.454 e. The zero-order valence-electron chi connectivity index (χ0n) is 14.9. The fourth-order valence-electron chi connectivity index (χ4n) is 3.24. The molecule has 1 unspecified atom stereocenters. The predicted octanol–water partition coefficient (Wildman–Crippen LogP) is 2.95. The van der Waals surface area contributed by atoms with Crippen LogP contribution in [0.15, 0.2) is 67.0 Å². The van der Waals surface area contributed by atoms with E-state index in [4.69, 9.17) is 9.47 Å². The number of carbonyl (C=O) groups is 1. The van der Waals surface area contributed by atoms with E-state index in [-0.39, 0.29) is 18.6 Å². The van der Waals surface area contributed by atoms with Gasteiger partial charge in [-0.1, -0.05) is 36.4 Å². The number of nitrogens with zero attached hydrogens (tertiary/aromatic N) is 2. The first-order chi connectivity index (χ1) is 13.3. The number of fused-ring (bicyclic) bond motifs is 1. The molecule has 138 valence electrons. The second kappa shape index (κ2) is 7.95. The smallest absolute Gasteiger partial charge is 0.231 e. The number of hydrogen-bond acceptors (Lipinski definition) is 4. The third-order valence-corrected chi connectivity index (χ3v) is 4.61. The quantitative estimate of drug-likeness (QED) is 0.701. The highest BCUT2D eigenvalue weighted by Crippen LogP contribution is 2.37. The first-order valence-corrected chi connectivity index (χ1v) is 8.98. The number of amides is 1. The molecule has 27 heavy (non-hydrogen) atoms. The Balaban J connectivity index is 1.47. The van der Waals surface area contributed by atoms with E-state index in [1.807, 2.05) is 60.8 Å². The molecule has 2 aromatic carbocycles. The van der Waals surface area contributed by atoms with Crippen molar-refractivity contribution in [3.8, 4) is 11.5 Å². The fourth-order valence-corrected chi connectivity index (χ4v) is 3.24. The van der Waals surface area contributed by atoms with Crippen molar-refractivity contribution in [3.05, 3.63) is 78.1 Å². The van der Waals surface area contributed by atoms with Crippen molar-refractivity contribution in [1.29, 1.82) is 0 Å². The van der Waals surface area contributed by atoms with Crippen LogP contribution in [0, 0.1) is 0 Å². The number of aromatic nitrogens is 2. The van der Waals surface area contributed by atoms with Crippen molar-refractivity contribution >= 4 is 5.91 Å². The molecule has 4 rings (SSSR count). The molecule has 1 aliphatic heterocycles. The Morgan fingerprint density at radius 3 is 2.74 bits per heavy atom. The summed E-state index contributed by atoms with van der Waals surface area (Å²) < 4.78 is 12.7. The van der Waals surface area contributed by atoms with Gasteiger partial charge in [0.25, 0.3) is 0 Å². The molecule has 1 amide bonds. The largest absolute Gasteiger partial charge is 0.454 e. The average molecular weight is 363 g/mol. The van der Waals surface area contributed by atoms with Gasteiger partial charge in [-0.15, -0.1) is 0 Å². The molecule has 0 radical (unpaired) electrons. The zero-order chi connectivity index (χ0) is 18.5. The van der Waals surface area contributed by atoms with Crippen molar-refractivity contribution < 1.29 is 14.3 Å². The van der Waals surface area contributed by atoms with Gasteiger partial charge in [-0.25, -0.2) is 0 Å². The summed E-state index contributed by atoms with van der Waals surface area (Å²) in [6, 6.07) is 17.8. The number of ether oxygens (including phenoxy) is 2. The molecule has 6 nitrogen and oxygen atoms in total. The van der Waals surface area contributed by atoms with Crippen molar-refractivity contribution in [1.82, 2.24) is 15.1 Å². The number of rotatable bonds is 7. The molecule has 1 atom stereocenters. The normalized spacial score (nSPS) is 13.3. The lowest BCUT2D eigenvalue weighted by Gasteiger charge is -2.18. The van der Waals surface area contributed by atoms with Crippen LogP contribution in [0.4, 0.5) is 0 Å². The van der Waals surface area contributed by atoms with Crippen LogP contribution in [0.5, 0.6) is 11.5 Å². The molecule has 1 aromatic heterocycles. The van der Waals surface area contributed by atoms with E-state index < -0.39 is 0 Å². The van der Waals surface area contributed by atoms with E-state index >= 15 is 0 Å². The van der Waals surface area contributed by atoms with Crippen LogP contribution in [0.25, 0.3) is 0 Å². The van der Waals surface area contributed by atoms with Gasteiger partial charge in [-0.05, 0) is 29.3 Å². The first-order valence-electron chi connectivity index (χ1n) is 8.98. The van der Waals surface area contributed by atoms with E-state index in [2.05, 4.69) is 10.4 Å². The van der Waals surface area contributed by atoms with Gasteiger partial charge in [0, 0.05) is 31.3 Å². The summed E-state index contributed by atoms with van der Waals surface area (Å²) in [7, 11) is 0. The lowest BCUT2D eigenvalue weighted by Crippen LogP contribution is -2.28. The summed E-state index contributed by atoms with van der Waals surface area (Å²) >= 11 is 0. The maximum Gasteiger partial charge on any atom is 0.231 e. The minimum atomic E-state index is -0.0506. The van der Waals surface area contributed by atoms with Crippen molar-refractivity contribution in [2.45, 2.75) is 18.9 Å². The Bertz CT molecular complexity index is 894. The molecule has 0 fully saturated rings. The number of carbonyl (C=O) groups excluding carboxylic acids is 1. The van der Waals surface area contributed by atoms with Gasteiger partial charge in [-0.2, -0.15) is 5.10 Å². The monoisotopic (exact) mass is 363 g/mol. The van der Waals surface area contributed by atoms with Gasteiger partial charge >= 0.3 is 0 Å². The topological polar surface area (TPSA) is 65.4 Å². The summed E-state index contributed by atoms with van der Waals surface area (Å²) in [4.78, 5) is 12.6. The molecule has 0 aliphatic carbocycles. The van der Waals surface area contributed by atoms with Crippen LogP contribution in [0.1, 0.15) is 23.5 Å². The van der Waals surface area contributed by atoms with Gasteiger partial charge in [0.15, 0.2) is 11.5 Å². The maximum absolute atomic E-state index is 12.6. The molecule has 2 heterocycles. The number of nitrogens with one attached hydrogen (secondary N) is 1. The van der Waals surface area contributed by atoms with E-state index in [9.17, 15) is 4.79 Å². The van der Waals surface area contributed by atoms with E-state index in [0.717, 1.165) is 22.6 Å². The van der Waals surface area contributed by atoms with Gasteiger partial charge in [-0.3, -0.25) is 9.48 Å². The Morgan fingerprint density at radius 2 is 1.93 bits per heavy atom. The standard InChI is InChI=1S/C21H21N3O3/c25-21(22-10-12-24-11-4-9-23-24)14-18(16-5-2-1-3-6-16)17-7-8-19-20(13-17)27-15-26-19/h1-9,11,13,18H,10,12,14-15H2,(H,22,25). The van der Waals surface area contributed by atoms with Gasteiger partial charge < -0.3 is 14.8 Å². The van der Waals surface area contributed by atoms with Crippen LogP contribution in [-0.4, -0.2) is 29.0 Å². The van der Waals surface area contributed by atoms with Gasteiger partial charge in [0.1, 0.15) is 0 Å². The van der Waals surface area contributed by atoms with E-state index in [1.54, 1.807) is 10.9 Å². The molecule has 0 spiro atoms. The van der Waals surface area contributed by atoms with Crippen molar-refractivity contribution in [2.75, 3.05) is 13.3 Å². The summed E-state index contributed by atoms with van der Waals surface area (Å²) in [6.07, 6.45) is 3.97. The van der Waals surface area contributed by atoms with Crippen LogP contribution >= 0.6 is 0 Å². The third kappa shape index (κ3) is 4.11.